The summed E-state index contributed by atoms with van der Waals surface area (Å²) in [5, 5.41) is 13.4. The summed E-state index contributed by atoms with van der Waals surface area (Å²) in [5.41, 5.74) is 2.09. The van der Waals surface area contributed by atoms with Crippen LogP contribution < -0.4 is 4.90 Å². The number of aryl methyl sites for hydroxylation is 1. The number of carbonyl (C=O) groups excluding carboxylic acids is 2. The first-order chi connectivity index (χ1) is 13.5. The monoisotopic (exact) mass is 409 g/mol. The smallest absolute Gasteiger partial charge is 0.300 e. The van der Waals surface area contributed by atoms with Gasteiger partial charge in [0, 0.05) is 21.2 Å². The summed E-state index contributed by atoms with van der Waals surface area (Å²) in [6.45, 7) is 1.93. The maximum absolute atomic E-state index is 13.0. The number of Topliss-reactive ketones (excluding diaryl/α,β-unsaturated/α-hetero) is 1. The van der Waals surface area contributed by atoms with E-state index in [4.69, 9.17) is 11.6 Å². The molecule has 6 heteroatoms. The van der Waals surface area contributed by atoms with Crippen LogP contribution in [0.4, 0.5) is 5.69 Å². The second kappa shape index (κ2) is 7.26. The fraction of sp³-hybridized carbons (Fsp3) is 0.0909. The molecule has 3 aromatic rings. The molecule has 1 amide bonds. The van der Waals surface area contributed by atoms with E-state index in [0.717, 1.165) is 10.4 Å². The van der Waals surface area contributed by atoms with Gasteiger partial charge in [-0.1, -0.05) is 29.8 Å². The molecule has 1 unspecified atom stereocenters. The van der Waals surface area contributed by atoms with Gasteiger partial charge < -0.3 is 5.11 Å². The minimum Gasteiger partial charge on any atom is -0.507 e. The lowest BCUT2D eigenvalue weighted by molar-refractivity contribution is -0.132. The minimum atomic E-state index is -0.700. The molecule has 0 bridgehead atoms. The molecule has 4 rings (SSSR count). The van der Waals surface area contributed by atoms with Gasteiger partial charge in [0.25, 0.3) is 11.7 Å². The van der Waals surface area contributed by atoms with Gasteiger partial charge in [0.2, 0.25) is 0 Å². The minimum absolute atomic E-state index is 0.0849. The number of carbonyl (C=O) groups is 2. The first-order valence-corrected chi connectivity index (χ1v) is 9.91. The molecule has 1 saturated heterocycles. The summed E-state index contributed by atoms with van der Waals surface area (Å²) in [4.78, 5) is 28.2. The molecule has 4 nitrogen and oxygen atoms in total. The van der Waals surface area contributed by atoms with Crippen molar-refractivity contribution in [2.75, 3.05) is 4.90 Å². The van der Waals surface area contributed by atoms with Crippen molar-refractivity contribution >= 4 is 46.1 Å². The van der Waals surface area contributed by atoms with Crippen molar-refractivity contribution in [3.05, 3.63) is 92.6 Å². The number of aliphatic hydroxyl groups excluding tert-OH is 1. The number of rotatable bonds is 3. The third kappa shape index (κ3) is 3.03. The van der Waals surface area contributed by atoms with Crippen LogP contribution in [0, 0.1) is 6.92 Å². The van der Waals surface area contributed by atoms with Crippen LogP contribution in [0.2, 0.25) is 5.02 Å². The largest absolute Gasteiger partial charge is 0.507 e. The van der Waals surface area contributed by atoms with Crippen molar-refractivity contribution in [1.82, 2.24) is 0 Å². The molecule has 0 saturated carbocycles. The zero-order chi connectivity index (χ0) is 19.8. The number of anilines is 1. The summed E-state index contributed by atoms with van der Waals surface area (Å²) in [7, 11) is 0. The van der Waals surface area contributed by atoms with Crippen LogP contribution in [0.25, 0.3) is 5.76 Å². The van der Waals surface area contributed by atoms with Gasteiger partial charge in [-0.15, -0.1) is 11.3 Å². The number of halogens is 1. The highest BCUT2D eigenvalue weighted by molar-refractivity contribution is 7.10. The summed E-state index contributed by atoms with van der Waals surface area (Å²) < 4.78 is 0. The summed E-state index contributed by atoms with van der Waals surface area (Å²) in [6.07, 6.45) is 0. The Balaban J connectivity index is 1.95. The van der Waals surface area contributed by atoms with Gasteiger partial charge in [-0.2, -0.15) is 0 Å². The number of benzene rings is 2. The number of aliphatic hydroxyl groups is 1. The van der Waals surface area contributed by atoms with Crippen molar-refractivity contribution in [3.8, 4) is 0 Å². The van der Waals surface area contributed by atoms with Crippen LogP contribution in [0.5, 0.6) is 0 Å². The summed E-state index contributed by atoms with van der Waals surface area (Å²) in [5.74, 6) is -1.56. The Hall–Kier alpha value is -2.89. The highest BCUT2D eigenvalue weighted by Gasteiger charge is 2.47. The predicted octanol–water partition coefficient (Wildman–Crippen LogP) is 5.34. The third-order valence-corrected chi connectivity index (χ3v) is 6.07. The highest BCUT2D eigenvalue weighted by Crippen LogP contribution is 2.44. The van der Waals surface area contributed by atoms with Crippen molar-refractivity contribution in [2.24, 2.45) is 0 Å². The molecule has 140 valence electrons. The average molecular weight is 410 g/mol. The maximum Gasteiger partial charge on any atom is 0.300 e. The highest BCUT2D eigenvalue weighted by atomic mass is 35.5. The molecule has 1 aliphatic heterocycles. The van der Waals surface area contributed by atoms with Crippen LogP contribution in [0.3, 0.4) is 0 Å². The molecule has 1 aromatic heterocycles. The Morgan fingerprint density at radius 1 is 1.04 bits per heavy atom. The summed E-state index contributed by atoms with van der Waals surface area (Å²) in [6, 6.07) is 16.8. The predicted molar refractivity (Wildman–Crippen MR) is 112 cm³/mol. The number of hydrogen-bond donors (Lipinski definition) is 1. The molecule has 28 heavy (non-hydrogen) atoms. The van der Waals surface area contributed by atoms with Crippen molar-refractivity contribution < 1.29 is 14.7 Å². The van der Waals surface area contributed by atoms with Gasteiger partial charge >= 0.3 is 0 Å². The molecule has 2 heterocycles. The molecule has 1 N–H and O–H groups in total. The first kappa shape index (κ1) is 18.5. The molecule has 1 aliphatic rings. The van der Waals surface area contributed by atoms with E-state index in [1.54, 1.807) is 36.4 Å². The van der Waals surface area contributed by atoms with Crippen LogP contribution in [-0.4, -0.2) is 16.8 Å². The molecule has 0 radical (unpaired) electrons. The van der Waals surface area contributed by atoms with Crippen LogP contribution in [0.1, 0.15) is 22.0 Å². The molecule has 0 spiro atoms. The lowest BCUT2D eigenvalue weighted by Crippen LogP contribution is -2.29. The standard InChI is InChI=1S/C22H16ClNO3S/c1-13-11-12-28-21(13)18-17(19(25)14-7-9-15(23)10-8-14)20(26)22(27)24(18)16-5-3-2-4-6-16/h2-12,18,25H,1H3/b19-17-. The molecule has 1 fully saturated rings. The van der Waals surface area contributed by atoms with Crippen molar-refractivity contribution in [1.29, 1.82) is 0 Å². The Morgan fingerprint density at radius 3 is 2.32 bits per heavy atom. The molecule has 0 aliphatic carbocycles. The van der Waals surface area contributed by atoms with Gasteiger partial charge in [-0.25, -0.2) is 0 Å². The molecular weight excluding hydrogens is 394 g/mol. The normalized spacial score (nSPS) is 18.6. The Morgan fingerprint density at radius 2 is 1.71 bits per heavy atom. The quantitative estimate of drug-likeness (QED) is 0.361. The second-order valence-electron chi connectivity index (χ2n) is 6.48. The third-order valence-electron chi connectivity index (χ3n) is 4.75. The van der Waals surface area contributed by atoms with Crippen molar-refractivity contribution in [3.63, 3.8) is 0 Å². The SMILES string of the molecule is Cc1ccsc1C1/C(=C(/O)c2ccc(Cl)cc2)C(=O)C(=O)N1c1ccccc1. The second-order valence-corrected chi connectivity index (χ2v) is 7.86. The lowest BCUT2D eigenvalue weighted by atomic mass is 9.98. The van der Waals surface area contributed by atoms with E-state index in [-0.39, 0.29) is 11.3 Å². The van der Waals surface area contributed by atoms with Crippen LogP contribution in [-0.2, 0) is 9.59 Å². The average Bonchev–Trinajstić information content (AvgIpc) is 3.23. The lowest BCUT2D eigenvalue weighted by Gasteiger charge is -2.25. The van der Waals surface area contributed by atoms with Crippen LogP contribution >= 0.6 is 22.9 Å². The fourth-order valence-corrected chi connectivity index (χ4v) is 4.51. The van der Waals surface area contributed by atoms with E-state index >= 15 is 0 Å². The number of ketones is 1. The fourth-order valence-electron chi connectivity index (χ4n) is 3.36. The van der Waals surface area contributed by atoms with Gasteiger partial charge in [-0.05, 0) is 60.3 Å². The van der Waals surface area contributed by atoms with Crippen molar-refractivity contribution in [2.45, 2.75) is 13.0 Å². The summed E-state index contributed by atoms with van der Waals surface area (Å²) >= 11 is 7.39. The zero-order valence-electron chi connectivity index (χ0n) is 14.9. The number of hydrogen-bond acceptors (Lipinski definition) is 4. The zero-order valence-corrected chi connectivity index (χ0v) is 16.5. The Kier molecular flexibility index (Phi) is 4.79. The van der Waals surface area contributed by atoms with Gasteiger partial charge in [0.15, 0.2) is 0 Å². The van der Waals surface area contributed by atoms with E-state index in [1.165, 1.54) is 16.2 Å². The van der Waals surface area contributed by atoms with Gasteiger partial charge in [-0.3, -0.25) is 14.5 Å². The maximum atomic E-state index is 13.0. The number of thiophene rings is 1. The molecular formula is C22H16ClNO3S. The number of amides is 1. The van der Waals surface area contributed by atoms with Gasteiger partial charge in [0.05, 0.1) is 5.57 Å². The first-order valence-electron chi connectivity index (χ1n) is 8.65. The Bertz CT molecular complexity index is 1090. The Labute approximate surface area is 171 Å². The molecule has 1 atom stereocenters. The molecule has 2 aromatic carbocycles. The van der Waals surface area contributed by atoms with E-state index in [9.17, 15) is 14.7 Å². The van der Waals surface area contributed by atoms with E-state index in [1.807, 2.05) is 36.6 Å². The van der Waals surface area contributed by atoms with Gasteiger partial charge in [0.1, 0.15) is 11.8 Å². The van der Waals surface area contributed by atoms with E-state index in [0.29, 0.717) is 16.3 Å². The number of para-hydroxylation sites is 1. The topological polar surface area (TPSA) is 57.6 Å². The number of nitrogens with zero attached hydrogens (tertiary/aromatic N) is 1. The van der Waals surface area contributed by atoms with Crippen LogP contribution in [0.15, 0.2) is 71.6 Å². The van der Waals surface area contributed by atoms with E-state index < -0.39 is 17.7 Å². The van der Waals surface area contributed by atoms with E-state index in [2.05, 4.69) is 0 Å².